The molecule has 0 aromatic carbocycles. The molecule has 5 nitrogen and oxygen atoms in total. The van der Waals surface area contributed by atoms with Crippen molar-refractivity contribution in [2.24, 2.45) is 0 Å². The molecule has 0 unspecified atom stereocenters. The summed E-state index contributed by atoms with van der Waals surface area (Å²) in [6.07, 6.45) is 4.09. The second-order valence-corrected chi connectivity index (χ2v) is 4.05. The van der Waals surface area contributed by atoms with Gasteiger partial charge in [0.05, 0.1) is 6.04 Å². The van der Waals surface area contributed by atoms with Crippen LogP contribution in [0.5, 0.6) is 0 Å². The van der Waals surface area contributed by atoms with Gasteiger partial charge in [0.2, 0.25) is 11.8 Å². The molecule has 17 heavy (non-hydrogen) atoms. The van der Waals surface area contributed by atoms with E-state index in [4.69, 9.17) is 0 Å². The molecule has 0 spiro atoms. The number of rotatable bonds is 9. The highest BCUT2D eigenvalue weighted by Gasteiger charge is 2.13. The average Bonchev–Trinajstić information content (AvgIpc) is 2.33. The minimum absolute atomic E-state index is 0.0162. The van der Waals surface area contributed by atoms with Gasteiger partial charge < -0.3 is 16.0 Å². The zero-order chi connectivity index (χ0) is 13.1. The van der Waals surface area contributed by atoms with Gasteiger partial charge in [0.1, 0.15) is 0 Å². The average molecular weight is 243 g/mol. The van der Waals surface area contributed by atoms with Crippen LogP contribution in [0.1, 0.15) is 39.0 Å². The second kappa shape index (κ2) is 10.1. The summed E-state index contributed by atoms with van der Waals surface area (Å²) in [5.41, 5.74) is 0. The van der Waals surface area contributed by atoms with Crippen LogP contribution >= 0.6 is 0 Å². The van der Waals surface area contributed by atoms with Crippen molar-refractivity contribution < 1.29 is 9.59 Å². The summed E-state index contributed by atoms with van der Waals surface area (Å²) in [7, 11) is 3.42. The zero-order valence-corrected chi connectivity index (χ0v) is 11.1. The maximum Gasteiger partial charge on any atom is 0.236 e. The first-order valence-corrected chi connectivity index (χ1v) is 6.31. The summed E-state index contributed by atoms with van der Waals surface area (Å²) in [5.74, 6) is 0.131. The Bertz CT molecular complexity index is 232. The Morgan fingerprint density at radius 2 is 1.88 bits per heavy atom. The Morgan fingerprint density at radius 3 is 2.41 bits per heavy atom. The third-order valence-corrected chi connectivity index (χ3v) is 2.63. The van der Waals surface area contributed by atoms with E-state index in [1.807, 2.05) is 6.92 Å². The first-order valence-electron chi connectivity index (χ1n) is 6.31. The summed E-state index contributed by atoms with van der Waals surface area (Å²) < 4.78 is 0. The predicted molar refractivity (Wildman–Crippen MR) is 68.7 cm³/mol. The van der Waals surface area contributed by atoms with Crippen molar-refractivity contribution in [3.63, 3.8) is 0 Å². The first-order chi connectivity index (χ1) is 8.15. The van der Waals surface area contributed by atoms with Gasteiger partial charge in [-0.25, -0.2) is 0 Å². The van der Waals surface area contributed by atoms with Crippen molar-refractivity contribution in [1.82, 2.24) is 16.0 Å². The van der Waals surface area contributed by atoms with E-state index >= 15 is 0 Å². The molecule has 0 saturated heterocycles. The second-order valence-electron chi connectivity index (χ2n) is 4.05. The van der Waals surface area contributed by atoms with Crippen LogP contribution in [0.15, 0.2) is 0 Å². The van der Waals surface area contributed by atoms with Gasteiger partial charge in [0.15, 0.2) is 0 Å². The van der Waals surface area contributed by atoms with Gasteiger partial charge in [-0.1, -0.05) is 6.92 Å². The molecule has 0 aliphatic rings. The Balaban J connectivity index is 3.55. The zero-order valence-electron chi connectivity index (χ0n) is 11.1. The molecule has 0 fully saturated rings. The molecule has 0 aromatic heterocycles. The monoisotopic (exact) mass is 243 g/mol. The van der Waals surface area contributed by atoms with Crippen LogP contribution in [0.3, 0.4) is 0 Å². The third kappa shape index (κ3) is 7.74. The third-order valence-electron chi connectivity index (χ3n) is 2.63. The van der Waals surface area contributed by atoms with Crippen LogP contribution in [0.25, 0.3) is 0 Å². The maximum absolute atomic E-state index is 11.4. The molecule has 0 aliphatic carbocycles. The standard InChI is InChI=1S/C12H25N3O2/c1-4-7-11(16)15-9-6-5-8-10(13-2)12(17)14-3/h10,13H,4-9H2,1-3H3,(H,14,17)(H,15,16)/t10-/m0/s1. The van der Waals surface area contributed by atoms with Crippen molar-refractivity contribution in [2.45, 2.75) is 45.1 Å². The molecule has 0 bridgehead atoms. The van der Waals surface area contributed by atoms with E-state index in [1.165, 1.54) is 0 Å². The number of hydrogen-bond acceptors (Lipinski definition) is 3. The molecule has 0 aliphatic heterocycles. The summed E-state index contributed by atoms with van der Waals surface area (Å²) in [6, 6.07) is -0.133. The van der Waals surface area contributed by atoms with E-state index in [0.717, 1.165) is 25.7 Å². The Labute approximate surface area is 104 Å². The first kappa shape index (κ1) is 15.9. The van der Waals surface area contributed by atoms with Gasteiger partial charge >= 0.3 is 0 Å². The van der Waals surface area contributed by atoms with Crippen molar-refractivity contribution >= 4 is 11.8 Å². The highest BCUT2D eigenvalue weighted by atomic mass is 16.2. The quantitative estimate of drug-likeness (QED) is 0.514. The van der Waals surface area contributed by atoms with Gasteiger partial charge in [0, 0.05) is 20.0 Å². The molecule has 0 saturated carbocycles. The molecular formula is C12H25N3O2. The van der Waals surface area contributed by atoms with E-state index in [9.17, 15) is 9.59 Å². The van der Waals surface area contributed by atoms with Crippen molar-refractivity contribution in [3.8, 4) is 0 Å². The lowest BCUT2D eigenvalue weighted by Crippen LogP contribution is -2.41. The molecule has 0 heterocycles. The van der Waals surface area contributed by atoms with Crippen LogP contribution in [-0.2, 0) is 9.59 Å². The number of carbonyl (C=O) groups excluding carboxylic acids is 2. The fraction of sp³-hybridized carbons (Fsp3) is 0.833. The van der Waals surface area contributed by atoms with Crippen molar-refractivity contribution in [3.05, 3.63) is 0 Å². The molecule has 2 amide bonds. The minimum atomic E-state index is -0.133. The molecule has 0 rings (SSSR count). The molecule has 0 aromatic rings. The van der Waals surface area contributed by atoms with Crippen molar-refractivity contribution in [2.75, 3.05) is 20.6 Å². The van der Waals surface area contributed by atoms with Crippen LogP contribution < -0.4 is 16.0 Å². The summed E-state index contributed by atoms with van der Waals surface area (Å²) in [5, 5.41) is 8.45. The van der Waals surface area contributed by atoms with Gasteiger partial charge in [-0.3, -0.25) is 9.59 Å². The summed E-state index contributed by atoms with van der Waals surface area (Å²) in [6.45, 7) is 2.68. The highest BCUT2D eigenvalue weighted by molar-refractivity contribution is 5.81. The fourth-order valence-corrected chi connectivity index (χ4v) is 1.60. The number of nitrogens with one attached hydrogen (secondary N) is 3. The van der Waals surface area contributed by atoms with Gasteiger partial charge in [0.25, 0.3) is 0 Å². The van der Waals surface area contributed by atoms with Crippen LogP contribution in [0, 0.1) is 0 Å². The number of likely N-dealkylation sites (N-methyl/N-ethyl adjacent to an activating group) is 2. The van der Waals surface area contributed by atoms with Gasteiger partial charge in [-0.05, 0) is 32.7 Å². The number of unbranched alkanes of at least 4 members (excludes halogenated alkanes) is 1. The fourth-order valence-electron chi connectivity index (χ4n) is 1.60. The topological polar surface area (TPSA) is 70.2 Å². The molecular weight excluding hydrogens is 218 g/mol. The largest absolute Gasteiger partial charge is 0.358 e. The van der Waals surface area contributed by atoms with Gasteiger partial charge in [-0.2, -0.15) is 0 Å². The van der Waals surface area contributed by atoms with E-state index in [-0.39, 0.29) is 17.9 Å². The minimum Gasteiger partial charge on any atom is -0.358 e. The number of hydrogen-bond donors (Lipinski definition) is 3. The molecule has 5 heteroatoms. The summed E-state index contributed by atoms with van der Waals surface area (Å²) in [4.78, 5) is 22.5. The Hall–Kier alpha value is -1.10. The van der Waals surface area contributed by atoms with E-state index in [1.54, 1.807) is 14.1 Å². The predicted octanol–water partition coefficient (Wildman–Crippen LogP) is 0.407. The smallest absolute Gasteiger partial charge is 0.236 e. The lowest BCUT2D eigenvalue weighted by molar-refractivity contribution is -0.123. The highest BCUT2D eigenvalue weighted by Crippen LogP contribution is 2.00. The molecule has 0 radical (unpaired) electrons. The van der Waals surface area contributed by atoms with Crippen molar-refractivity contribution in [1.29, 1.82) is 0 Å². The number of amides is 2. The molecule has 100 valence electrons. The lowest BCUT2D eigenvalue weighted by Gasteiger charge is -2.14. The Kier molecular flexibility index (Phi) is 9.43. The number of carbonyl (C=O) groups is 2. The maximum atomic E-state index is 11.4. The van der Waals surface area contributed by atoms with Crippen LogP contribution in [-0.4, -0.2) is 38.5 Å². The normalized spacial score (nSPS) is 11.9. The van der Waals surface area contributed by atoms with Crippen LogP contribution in [0.4, 0.5) is 0 Å². The Morgan fingerprint density at radius 1 is 1.18 bits per heavy atom. The van der Waals surface area contributed by atoms with Gasteiger partial charge in [-0.15, -0.1) is 0 Å². The molecule has 1 atom stereocenters. The van der Waals surface area contributed by atoms with Crippen LogP contribution in [0.2, 0.25) is 0 Å². The SMILES string of the molecule is CCCC(=O)NCCCC[C@H](NC)C(=O)NC. The van der Waals surface area contributed by atoms with E-state index in [2.05, 4.69) is 16.0 Å². The van der Waals surface area contributed by atoms with E-state index in [0.29, 0.717) is 13.0 Å². The van der Waals surface area contributed by atoms with E-state index < -0.39 is 0 Å². The summed E-state index contributed by atoms with van der Waals surface area (Å²) >= 11 is 0. The molecule has 3 N–H and O–H groups in total. The lowest BCUT2D eigenvalue weighted by atomic mass is 10.1.